The second-order valence-corrected chi connectivity index (χ2v) is 2.41. The van der Waals surface area contributed by atoms with Gasteiger partial charge in [0.25, 0.3) is 0 Å². The highest BCUT2D eigenvalue weighted by Gasteiger charge is 2.21. The summed E-state index contributed by atoms with van der Waals surface area (Å²) in [6, 6.07) is 0.227. The second-order valence-electron chi connectivity index (χ2n) is 2.41. The molecule has 1 aliphatic rings. The quantitative estimate of drug-likeness (QED) is 0.562. The molecule has 2 atom stereocenters. The number of hydrogen-bond donors (Lipinski definition) is 1. The molecular weight excluding hydrogens is 118 g/mol. The van der Waals surface area contributed by atoms with Gasteiger partial charge >= 0.3 is 0 Å². The Morgan fingerprint density at radius 2 is 2.56 bits per heavy atom. The maximum atomic E-state index is 5.57. The molecule has 0 saturated carbocycles. The van der Waals surface area contributed by atoms with Crippen LogP contribution in [0.25, 0.3) is 0 Å². The van der Waals surface area contributed by atoms with Crippen LogP contribution in [-0.4, -0.2) is 32.5 Å². The van der Waals surface area contributed by atoms with E-state index < -0.39 is 0 Å². The smallest absolute Gasteiger partial charge is 0.0824 e. The van der Waals surface area contributed by atoms with E-state index in [-0.39, 0.29) is 12.1 Å². The Morgan fingerprint density at radius 1 is 1.78 bits per heavy atom. The molecule has 0 spiro atoms. The molecule has 2 unspecified atom stereocenters. The van der Waals surface area contributed by atoms with Crippen LogP contribution in [0.4, 0.5) is 0 Å². The minimum absolute atomic E-state index is 0.227. The number of hydrogen-bond acceptors (Lipinski definition) is 3. The molecule has 1 aliphatic heterocycles. The van der Waals surface area contributed by atoms with Crippen molar-refractivity contribution in [2.45, 2.75) is 18.6 Å². The molecule has 1 fully saturated rings. The lowest BCUT2D eigenvalue weighted by molar-refractivity contribution is 0.0377. The van der Waals surface area contributed by atoms with Gasteiger partial charge in [0.15, 0.2) is 0 Å². The van der Waals surface area contributed by atoms with Crippen molar-refractivity contribution in [3.63, 3.8) is 0 Å². The molecule has 1 heterocycles. The molecule has 3 nitrogen and oxygen atoms in total. The van der Waals surface area contributed by atoms with Crippen LogP contribution in [0.2, 0.25) is 0 Å². The van der Waals surface area contributed by atoms with Crippen molar-refractivity contribution < 1.29 is 9.47 Å². The van der Waals surface area contributed by atoms with Gasteiger partial charge in [-0.2, -0.15) is 0 Å². The highest BCUT2D eigenvalue weighted by Crippen LogP contribution is 2.10. The van der Waals surface area contributed by atoms with Gasteiger partial charge in [0, 0.05) is 13.2 Å². The summed E-state index contributed by atoms with van der Waals surface area (Å²) in [5, 5.41) is 0. The average molecular weight is 131 g/mol. The first-order valence-corrected chi connectivity index (χ1v) is 3.19. The lowest BCUT2D eigenvalue weighted by Crippen LogP contribution is -2.20. The molecule has 1 saturated heterocycles. The standard InChI is InChI=1S/C6H13NO2/c1-8-4-6-2-5(7)3-9-6/h5-6H,2-4,7H2,1H3. The van der Waals surface area contributed by atoms with Crippen molar-refractivity contribution in [3.05, 3.63) is 0 Å². The maximum absolute atomic E-state index is 5.57. The van der Waals surface area contributed by atoms with Crippen molar-refractivity contribution in [2.75, 3.05) is 20.3 Å². The molecule has 0 amide bonds. The topological polar surface area (TPSA) is 44.5 Å². The second kappa shape index (κ2) is 3.15. The van der Waals surface area contributed by atoms with Gasteiger partial charge in [0.05, 0.1) is 19.3 Å². The summed E-state index contributed by atoms with van der Waals surface area (Å²) < 4.78 is 10.1. The van der Waals surface area contributed by atoms with E-state index in [0.717, 1.165) is 6.42 Å². The lowest BCUT2D eigenvalue weighted by Gasteiger charge is -2.05. The van der Waals surface area contributed by atoms with Crippen molar-refractivity contribution in [1.29, 1.82) is 0 Å². The molecule has 0 bridgehead atoms. The minimum atomic E-state index is 0.227. The van der Waals surface area contributed by atoms with E-state index in [2.05, 4.69) is 0 Å². The predicted octanol–water partition coefficient (Wildman–Crippen LogP) is -0.251. The zero-order valence-corrected chi connectivity index (χ0v) is 5.67. The Kier molecular flexibility index (Phi) is 2.45. The van der Waals surface area contributed by atoms with E-state index >= 15 is 0 Å². The third-order valence-corrected chi connectivity index (χ3v) is 1.46. The van der Waals surface area contributed by atoms with Gasteiger partial charge in [0.2, 0.25) is 0 Å². The number of nitrogens with two attached hydrogens (primary N) is 1. The van der Waals surface area contributed by atoms with Gasteiger partial charge in [-0.15, -0.1) is 0 Å². The zero-order chi connectivity index (χ0) is 6.69. The molecule has 9 heavy (non-hydrogen) atoms. The summed E-state index contributed by atoms with van der Waals surface area (Å²) in [5.41, 5.74) is 5.57. The van der Waals surface area contributed by atoms with Crippen LogP contribution in [-0.2, 0) is 9.47 Å². The van der Waals surface area contributed by atoms with Gasteiger partial charge in [-0.3, -0.25) is 0 Å². The van der Waals surface area contributed by atoms with Crippen molar-refractivity contribution in [3.8, 4) is 0 Å². The number of methoxy groups -OCH3 is 1. The van der Waals surface area contributed by atoms with Crippen LogP contribution in [0.3, 0.4) is 0 Å². The average Bonchev–Trinajstić information content (AvgIpc) is 2.17. The van der Waals surface area contributed by atoms with Crippen molar-refractivity contribution >= 4 is 0 Å². The van der Waals surface area contributed by atoms with Crippen molar-refractivity contribution in [2.24, 2.45) is 5.73 Å². The highest BCUT2D eigenvalue weighted by atomic mass is 16.5. The van der Waals surface area contributed by atoms with Crippen LogP contribution in [0.15, 0.2) is 0 Å². The molecular formula is C6H13NO2. The summed E-state index contributed by atoms with van der Waals surface area (Å²) >= 11 is 0. The van der Waals surface area contributed by atoms with Gasteiger partial charge in [-0.1, -0.05) is 0 Å². The number of rotatable bonds is 2. The highest BCUT2D eigenvalue weighted by molar-refractivity contribution is 4.74. The lowest BCUT2D eigenvalue weighted by atomic mass is 10.2. The summed E-state index contributed by atoms with van der Waals surface area (Å²) in [7, 11) is 1.67. The third-order valence-electron chi connectivity index (χ3n) is 1.46. The van der Waals surface area contributed by atoms with Crippen molar-refractivity contribution in [1.82, 2.24) is 0 Å². The monoisotopic (exact) mass is 131 g/mol. The Balaban J connectivity index is 2.14. The fraction of sp³-hybridized carbons (Fsp3) is 1.00. The van der Waals surface area contributed by atoms with Gasteiger partial charge in [-0.05, 0) is 6.42 Å². The molecule has 0 aliphatic carbocycles. The number of ether oxygens (including phenoxy) is 2. The van der Waals surface area contributed by atoms with Gasteiger partial charge in [-0.25, -0.2) is 0 Å². The first-order chi connectivity index (χ1) is 4.33. The van der Waals surface area contributed by atoms with E-state index in [1.807, 2.05) is 0 Å². The van der Waals surface area contributed by atoms with Crippen LogP contribution in [0.1, 0.15) is 6.42 Å². The molecule has 0 radical (unpaired) electrons. The van der Waals surface area contributed by atoms with E-state index in [1.54, 1.807) is 7.11 Å². The molecule has 0 aromatic rings. The van der Waals surface area contributed by atoms with Gasteiger partial charge in [0.1, 0.15) is 0 Å². The fourth-order valence-electron chi connectivity index (χ4n) is 1.04. The molecule has 2 N–H and O–H groups in total. The zero-order valence-electron chi connectivity index (χ0n) is 5.67. The summed E-state index contributed by atoms with van der Waals surface area (Å²) in [4.78, 5) is 0. The summed E-state index contributed by atoms with van der Waals surface area (Å²) in [6.07, 6.45) is 1.18. The normalized spacial score (nSPS) is 35.3. The predicted molar refractivity (Wildman–Crippen MR) is 34.2 cm³/mol. The Hall–Kier alpha value is -0.120. The molecule has 0 aromatic heterocycles. The van der Waals surface area contributed by atoms with Crippen LogP contribution in [0.5, 0.6) is 0 Å². The van der Waals surface area contributed by atoms with E-state index in [1.165, 1.54) is 0 Å². The minimum Gasteiger partial charge on any atom is -0.382 e. The summed E-state index contributed by atoms with van der Waals surface area (Å²) in [5.74, 6) is 0. The molecule has 54 valence electrons. The summed E-state index contributed by atoms with van der Waals surface area (Å²) in [6.45, 7) is 1.36. The molecule has 1 rings (SSSR count). The first kappa shape index (κ1) is 6.99. The SMILES string of the molecule is COCC1CC(N)CO1. The Morgan fingerprint density at radius 3 is 3.00 bits per heavy atom. The van der Waals surface area contributed by atoms with Gasteiger partial charge < -0.3 is 15.2 Å². The van der Waals surface area contributed by atoms with E-state index in [0.29, 0.717) is 13.2 Å². The Labute approximate surface area is 55.1 Å². The van der Waals surface area contributed by atoms with E-state index in [9.17, 15) is 0 Å². The van der Waals surface area contributed by atoms with Crippen LogP contribution >= 0.6 is 0 Å². The Bertz CT molecular complexity index is 85.1. The third kappa shape index (κ3) is 1.93. The maximum Gasteiger partial charge on any atom is 0.0824 e. The largest absolute Gasteiger partial charge is 0.382 e. The van der Waals surface area contributed by atoms with Crippen LogP contribution in [0, 0.1) is 0 Å². The molecule has 0 aromatic carbocycles. The first-order valence-electron chi connectivity index (χ1n) is 3.19. The van der Waals surface area contributed by atoms with E-state index in [4.69, 9.17) is 15.2 Å². The van der Waals surface area contributed by atoms with Crippen LogP contribution < -0.4 is 5.73 Å². The fourth-order valence-corrected chi connectivity index (χ4v) is 1.04. The molecule has 3 heteroatoms.